The van der Waals surface area contributed by atoms with E-state index >= 15 is 0 Å². The van der Waals surface area contributed by atoms with E-state index in [2.05, 4.69) is 17.1 Å². The zero-order chi connectivity index (χ0) is 21.1. The first kappa shape index (κ1) is 22.5. The summed E-state index contributed by atoms with van der Waals surface area (Å²) in [5.41, 5.74) is 3.72. The van der Waals surface area contributed by atoms with E-state index < -0.39 is 0 Å². The van der Waals surface area contributed by atoms with E-state index in [4.69, 9.17) is 9.72 Å². The number of benzene rings is 2. The average molecular weight is 455 g/mol. The molecule has 0 aliphatic heterocycles. The molecule has 2 heterocycles. The van der Waals surface area contributed by atoms with Crippen molar-refractivity contribution in [2.75, 3.05) is 30.5 Å². The highest BCUT2D eigenvalue weighted by Gasteiger charge is 2.23. The molecule has 0 unspecified atom stereocenters. The molecule has 0 aliphatic carbocycles. The summed E-state index contributed by atoms with van der Waals surface area (Å²) in [6.07, 6.45) is 3.36. The minimum atomic E-state index is -0.150. The lowest BCUT2D eigenvalue weighted by atomic mass is 10.1. The van der Waals surface area contributed by atoms with Crippen molar-refractivity contribution in [3.8, 4) is 16.9 Å². The number of rotatable bonds is 5. The molecule has 4 rings (SSSR count). The summed E-state index contributed by atoms with van der Waals surface area (Å²) in [4.78, 5) is 25.3. The third-order valence-electron chi connectivity index (χ3n) is 4.90. The number of anilines is 2. The quantitative estimate of drug-likeness (QED) is 0.378. The third kappa shape index (κ3) is 4.33. The van der Waals surface area contributed by atoms with E-state index in [0.29, 0.717) is 17.4 Å². The van der Waals surface area contributed by atoms with Crippen molar-refractivity contribution in [2.24, 2.45) is 0 Å². The number of hydrogen-bond acceptors (Lipinski definition) is 5. The second kappa shape index (κ2) is 9.76. The van der Waals surface area contributed by atoms with E-state index in [9.17, 15) is 4.79 Å². The predicted octanol–water partition coefficient (Wildman–Crippen LogP) is 5.87. The van der Waals surface area contributed by atoms with E-state index in [1.807, 2.05) is 49.4 Å². The van der Waals surface area contributed by atoms with Crippen molar-refractivity contribution in [2.45, 2.75) is 6.92 Å². The first-order valence-corrected chi connectivity index (χ1v) is 10.4. The maximum atomic E-state index is 13.2. The van der Waals surface area contributed by atoms with Crippen LogP contribution in [-0.2, 0) is 0 Å². The third-order valence-corrected chi connectivity index (χ3v) is 6.06. The molecule has 0 saturated heterocycles. The highest BCUT2D eigenvalue weighted by Crippen LogP contribution is 2.40. The van der Waals surface area contributed by atoms with Crippen LogP contribution in [0.25, 0.3) is 21.3 Å². The Bertz CT molecular complexity index is 1170. The largest absolute Gasteiger partial charge is 0.494 e. The first-order chi connectivity index (χ1) is 14.6. The summed E-state index contributed by atoms with van der Waals surface area (Å²) in [6, 6.07) is 17.6. The van der Waals surface area contributed by atoms with E-state index in [1.165, 1.54) is 11.3 Å². The molecule has 160 valence electrons. The molecule has 2 amide bonds. The maximum Gasteiger partial charge on any atom is 0.330 e. The van der Waals surface area contributed by atoms with Crippen molar-refractivity contribution < 1.29 is 9.53 Å². The number of thiazole rings is 1. The Balaban J connectivity index is 0.00000272. The number of amides is 2. The first-order valence-electron chi connectivity index (χ1n) is 9.62. The minimum absolute atomic E-state index is 0. The molecule has 0 spiro atoms. The van der Waals surface area contributed by atoms with E-state index in [0.717, 1.165) is 27.0 Å². The lowest BCUT2D eigenvalue weighted by Gasteiger charge is -2.25. The van der Waals surface area contributed by atoms with Crippen LogP contribution in [0.15, 0.2) is 67.0 Å². The second-order valence-electron chi connectivity index (χ2n) is 6.65. The molecule has 0 bridgehead atoms. The van der Waals surface area contributed by atoms with Gasteiger partial charge in [0, 0.05) is 37.2 Å². The smallest absolute Gasteiger partial charge is 0.330 e. The number of nitrogens with zero attached hydrogens (tertiary/aromatic N) is 4. The Labute approximate surface area is 191 Å². The molecule has 2 aromatic carbocycles. The average Bonchev–Trinajstić information content (AvgIpc) is 3.25. The zero-order valence-corrected chi connectivity index (χ0v) is 19.1. The van der Waals surface area contributed by atoms with Gasteiger partial charge in [-0.05, 0) is 36.8 Å². The van der Waals surface area contributed by atoms with Crippen molar-refractivity contribution in [3.63, 3.8) is 0 Å². The Kier molecular flexibility index (Phi) is 7.09. The number of hydrogen-bond donors (Lipinski definition) is 0. The summed E-state index contributed by atoms with van der Waals surface area (Å²) < 4.78 is 6.52. The van der Waals surface area contributed by atoms with Crippen molar-refractivity contribution in [1.29, 1.82) is 0 Å². The van der Waals surface area contributed by atoms with Gasteiger partial charge < -0.3 is 4.74 Å². The summed E-state index contributed by atoms with van der Waals surface area (Å²) in [5.74, 6) is 0.689. The van der Waals surface area contributed by atoms with Crippen LogP contribution in [0.1, 0.15) is 6.92 Å². The number of carbonyl (C=O) groups is 1. The molecule has 0 saturated carbocycles. The molecule has 4 aromatic rings. The molecule has 2 aromatic heterocycles. The zero-order valence-electron chi connectivity index (χ0n) is 17.5. The van der Waals surface area contributed by atoms with Gasteiger partial charge >= 0.3 is 6.03 Å². The van der Waals surface area contributed by atoms with Crippen molar-refractivity contribution >= 4 is 50.8 Å². The van der Waals surface area contributed by atoms with Gasteiger partial charge in [-0.25, -0.2) is 9.78 Å². The van der Waals surface area contributed by atoms with Crippen LogP contribution in [0.2, 0.25) is 0 Å². The van der Waals surface area contributed by atoms with Crippen molar-refractivity contribution in [1.82, 2.24) is 9.97 Å². The minimum Gasteiger partial charge on any atom is -0.494 e. The van der Waals surface area contributed by atoms with Gasteiger partial charge in [0.25, 0.3) is 0 Å². The van der Waals surface area contributed by atoms with Crippen LogP contribution in [0.5, 0.6) is 5.75 Å². The monoisotopic (exact) mass is 454 g/mol. The molecule has 6 nitrogen and oxygen atoms in total. The Morgan fingerprint density at radius 1 is 1.06 bits per heavy atom. The standard InChI is InChI=1S/C23H22N4O2S.ClH/c1-4-27(17-12-14-24-15-13-17)23(28)26(2)22-25-20-19(29-3)11-10-18(21(20)30-22)16-8-6-5-7-9-16;/h5-15H,4H2,1-3H3;1H. The number of methoxy groups -OCH3 is 1. The van der Waals surface area contributed by atoms with Gasteiger partial charge in [-0.3, -0.25) is 14.8 Å². The number of aromatic nitrogens is 2. The summed E-state index contributed by atoms with van der Waals surface area (Å²) >= 11 is 1.48. The van der Waals surface area contributed by atoms with Crippen molar-refractivity contribution in [3.05, 3.63) is 67.0 Å². The maximum absolute atomic E-state index is 13.2. The second-order valence-corrected chi connectivity index (χ2v) is 7.62. The highest BCUT2D eigenvalue weighted by molar-refractivity contribution is 7.23. The van der Waals surface area contributed by atoms with Gasteiger partial charge in [-0.2, -0.15) is 0 Å². The fourth-order valence-corrected chi connectivity index (χ4v) is 4.41. The van der Waals surface area contributed by atoms with E-state index in [-0.39, 0.29) is 18.4 Å². The molecular weight excluding hydrogens is 432 g/mol. The SMILES string of the molecule is CCN(C(=O)N(C)c1nc2c(OC)ccc(-c3ccccc3)c2s1)c1ccncc1.Cl. The predicted molar refractivity (Wildman–Crippen MR) is 130 cm³/mol. The van der Waals surface area contributed by atoms with Gasteiger partial charge in [0.05, 0.1) is 11.8 Å². The molecule has 0 aliphatic rings. The normalized spacial score (nSPS) is 10.4. The number of urea groups is 1. The fourth-order valence-electron chi connectivity index (χ4n) is 3.34. The fraction of sp³-hybridized carbons (Fsp3) is 0.174. The number of fused-ring (bicyclic) bond motifs is 1. The lowest BCUT2D eigenvalue weighted by molar-refractivity contribution is 0.253. The topological polar surface area (TPSA) is 58.6 Å². The summed E-state index contributed by atoms with van der Waals surface area (Å²) in [5, 5.41) is 0.615. The van der Waals surface area contributed by atoms with Crippen LogP contribution in [-0.4, -0.2) is 36.7 Å². The van der Waals surface area contributed by atoms with Gasteiger partial charge in [-0.1, -0.05) is 41.7 Å². The van der Waals surface area contributed by atoms with Gasteiger partial charge in [0.1, 0.15) is 11.3 Å². The number of halogens is 1. The Morgan fingerprint density at radius 2 is 1.77 bits per heavy atom. The van der Waals surface area contributed by atoms with E-state index in [1.54, 1.807) is 36.4 Å². The van der Waals surface area contributed by atoms with Crippen LogP contribution in [0, 0.1) is 0 Å². The molecule has 0 fully saturated rings. The van der Waals surface area contributed by atoms with Crippen LogP contribution < -0.4 is 14.5 Å². The number of ether oxygens (including phenoxy) is 1. The highest BCUT2D eigenvalue weighted by atomic mass is 35.5. The van der Waals surface area contributed by atoms with Gasteiger partial charge in [0.15, 0.2) is 5.13 Å². The molecule has 0 radical (unpaired) electrons. The molecule has 31 heavy (non-hydrogen) atoms. The lowest BCUT2D eigenvalue weighted by Crippen LogP contribution is -2.41. The number of pyridine rings is 1. The van der Waals surface area contributed by atoms with Crippen LogP contribution in [0.3, 0.4) is 0 Å². The molecule has 8 heteroatoms. The van der Waals surface area contributed by atoms with Crippen LogP contribution in [0.4, 0.5) is 15.6 Å². The summed E-state index contributed by atoms with van der Waals surface area (Å²) in [6.45, 7) is 2.48. The molecular formula is C23H23ClN4O2S. The van der Waals surface area contributed by atoms with Crippen LogP contribution >= 0.6 is 23.7 Å². The molecule has 0 atom stereocenters. The number of carbonyl (C=O) groups excluding carboxylic acids is 1. The Morgan fingerprint density at radius 3 is 2.42 bits per heavy atom. The molecule has 0 N–H and O–H groups in total. The van der Waals surface area contributed by atoms with Gasteiger partial charge in [0.2, 0.25) is 0 Å². The Hall–Kier alpha value is -3.16. The summed E-state index contributed by atoms with van der Waals surface area (Å²) in [7, 11) is 3.38. The van der Waals surface area contributed by atoms with Gasteiger partial charge in [-0.15, -0.1) is 12.4 Å².